The third kappa shape index (κ3) is 4.27. The Hall–Kier alpha value is -4.27. The fourth-order valence-electron chi connectivity index (χ4n) is 3.23. The SMILES string of the molecule is COc1ccc(OC)c(-c2ccnc(-n3ncc(C(=O)NCc4ccncc4)c3C)n2)c1. The molecule has 9 nitrogen and oxygen atoms in total. The smallest absolute Gasteiger partial charge is 0.255 e. The predicted octanol–water partition coefficient (Wildman–Crippen LogP) is 2.98. The minimum atomic E-state index is -0.226. The van der Waals surface area contributed by atoms with Crippen molar-refractivity contribution < 1.29 is 14.3 Å². The van der Waals surface area contributed by atoms with Gasteiger partial charge in [-0.05, 0) is 48.9 Å². The van der Waals surface area contributed by atoms with E-state index in [1.807, 2.05) is 30.3 Å². The Bertz CT molecular complexity index is 1240. The van der Waals surface area contributed by atoms with E-state index in [1.165, 1.54) is 10.9 Å². The van der Waals surface area contributed by atoms with E-state index in [0.29, 0.717) is 40.9 Å². The molecule has 4 rings (SSSR count). The van der Waals surface area contributed by atoms with E-state index in [0.717, 1.165) is 11.1 Å². The molecule has 0 aliphatic carbocycles. The molecule has 9 heteroatoms. The highest BCUT2D eigenvalue weighted by atomic mass is 16.5. The van der Waals surface area contributed by atoms with Crippen molar-refractivity contribution in [2.45, 2.75) is 13.5 Å². The molecule has 0 unspecified atom stereocenters. The number of amides is 1. The first-order valence-corrected chi connectivity index (χ1v) is 9.88. The van der Waals surface area contributed by atoms with Crippen LogP contribution in [0, 0.1) is 6.92 Å². The molecule has 0 aliphatic heterocycles. The Morgan fingerprint density at radius 2 is 1.88 bits per heavy atom. The van der Waals surface area contributed by atoms with Gasteiger partial charge in [-0.3, -0.25) is 9.78 Å². The Morgan fingerprint density at radius 1 is 1.06 bits per heavy atom. The first-order valence-electron chi connectivity index (χ1n) is 9.88. The van der Waals surface area contributed by atoms with Crippen LogP contribution in [0.5, 0.6) is 11.5 Å². The van der Waals surface area contributed by atoms with Crippen molar-refractivity contribution in [2.24, 2.45) is 0 Å². The summed E-state index contributed by atoms with van der Waals surface area (Å²) in [4.78, 5) is 25.6. The molecule has 0 radical (unpaired) electrons. The van der Waals surface area contributed by atoms with Gasteiger partial charge in [-0.25, -0.2) is 14.6 Å². The summed E-state index contributed by atoms with van der Waals surface area (Å²) in [6.07, 6.45) is 6.53. The number of benzene rings is 1. The lowest BCUT2D eigenvalue weighted by Gasteiger charge is -2.11. The number of pyridine rings is 1. The number of aromatic nitrogens is 5. The molecule has 0 spiro atoms. The van der Waals surface area contributed by atoms with Gasteiger partial charge in [0.05, 0.1) is 37.4 Å². The van der Waals surface area contributed by atoms with Crippen LogP contribution in [-0.2, 0) is 6.54 Å². The largest absolute Gasteiger partial charge is 0.497 e. The predicted molar refractivity (Wildman–Crippen MR) is 118 cm³/mol. The van der Waals surface area contributed by atoms with E-state index >= 15 is 0 Å². The molecule has 0 fully saturated rings. The van der Waals surface area contributed by atoms with Gasteiger partial charge in [0.15, 0.2) is 0 Å². The molecule has 4 aromatic rings. The zero-order chi connectivity index (χ0) is 22.5. The molecule has 3 aromatic heterocycles. The lowest BCUT2D eigenvalue weighted by Crippen LogP contribution is -2.23. The maximum atomic E-state index is 12.7. The summed E-state index contributed by atoms with van der Waals surface area (Å²) in [6.45, 7) is 2.20. The molecule has 32 heavy (non-hydrogen) atoms. The molecule has 0 saturated heterocycles. The van der Waals surface area contributed by atoms with Crippen LogP contribution in [0.1, 0.15) is 21.6 Å². The number of nitrogens with one attached hydrogen (secondary N) is 1. The van der Waals surface area contributed by atoms with E-state index in [4.69, 9.17) is 9.47 Å². The van der Waals surface area contributed by atoms with E-state index < -0.39 is 0 Å². The number of nitrogens with zero attached hydrogens (tertiary/aromatic N) is 5. The standard InChI is InChI=1S/C23H22N6O3/c1-15-19(22(30)26-13-16-6-9-24-10-7-16)14-27-29(15)23-25-11-8-20(28-23)18-12-17(31-2)4-5-21(18)32-3/h4-12,14H,13H2,1-3H3,(H,26,30). The average molecular weight is 430 g/mol. The Kier molecular flexibility index (Phi) is 6.07. The van der Waals surface area contributed by atoms with Gasteiger partial charge < -0.3 is 14.8 Å². The van der Waals surface area contributed by atoms with Gasteiger partial charge in [0.25, 0.3) is 11.9 Å². The van der Waals surface area contributed by atoms with Gasteiger partial charge in [0.2, 0.25) is 0 Å². The van der Waals surface area contributed by atoms with Crippen LogP contribution in [0.4, 0.5) is 0 Å². The number of hydrogen-bond donors (Lipinski definition) is 1. The molecule has 1 aromatic carbocycles. The Balaban J connectivity index is 1.61. The molecule has 1 amide bonds. The Morgan fingerprint density at radius 3 is 2.62 bits per heavy atom. The number of hydrogen-bond acceptors (Lipinski definition) is 7. The minimum Gasteiger partial charge on any atom is -0.497 e. The van der Waals surface area contributed by atoms with Gasteiger partial charge in [-0.15, -0.1) is 0 Å². The first kappa shape index (κ1) is 21.0. The van der Waals surface area contributed by atoms with Crippen LogP contribution >= 0.6 is 0 Å². The number of rotatable bonds is 7. The lowest BCUT2D eigenvalue weighted by molar-refractivity contribution is 0.0950. The maximum absolute atomic E-state index is 12.7. The molecular weight excluding hydrogens is 408 g/mol. The second kappa shape index (κ2) is 9.25. The number of methoxy groups -OCH3 is 2. The van der Waals surface area contributed by atoms with Crippen molar-refractivity contribution in [1.29, 1.82) is 0 Å². The van der Waals surface area contributed by atoms with Crippen molar-refractivity contribution in [3.63, 3.8) is 0 Å². The third-order valence-electron chi connectivity index (χ3n) is 4.97. The molecular formula is C23H22N6O3. The second-order valence-electron chi connectivity index (χ2n) is 6.90. The van der Waals surface area contributed by atoms with Gasteiger partial charge in [-0.2, -0.15) is 5.10 Å². The summed E-state index contributed by atoms with van der Waals surface area (Å²) in [5, 5.41) is 7.23. The summed E-state index contributed by atoms with van der Waals surface area (Å²) >= 11 is 0. The van der Waals surface area contributed by atoms with Crippen LogP contribution in [0.2, 0.25) is 0 Å². The van der Waals surface area contributed by atoms with E-state index in [2.05, 4.69) is 25.4 Å². The number of carbonyl (C=O) groups excluding carboxylic acids is 1. The van der Waals surface area contributed by atoms with Crippen LogP contribution in [0.15, 0.2) is 61.2 Å². The van der Waals surface area contributed by atoms with Crippen LogP contribution in [-0.4, -0.2) is 44.9 Å². The second-order valence-corrected chi connectivity index (χ2v) is 6.90. The topological polar surface area (TPSA) is 104 Å². The lowest BCUT2D eigenvalue weighted by atomic mass is 10.1. The first-order chi connectivity index (χ1) is 15.6. The van der Waals surface area contributed by atoms with Crippen LogP contribution < -0.4 is 14.8 Å². The molecule has 0 saturated carbocycles. The van der Waals surface area contributed by atoms with Crippen molar-refractivity contribution >= 4 is 5.91 Å². The van der Waals surface area contributed by atoms with Gasteiger partial charge in [-0.1, -0.05) is 0 Å². The van der Waals surface area contributed by atoms with Gasteiger partial charge >= 0.3 is 0 Å². The Labute approximate surface area is 185 Å². The summed E-state index contributed by atoms with van der Waals surface area (Å²) in [7, 11) is 3.20. The monoisotopic (exact) mass is 430 g/mol. The fraction of sp³-hybridized carbons (Fsp3) is 0.174. The average Bonchev–Trinajstić information content (AvgIpc) is 3.24. The van der Waals surface area contributed by atoms with Crippen molar-refractivity contribution in [3.8, 4) is 28.7 Å². The molecule has 0 aliphatic rings. The highest BCUT2D eigenvalue weighted by Crippen LogP contribution is 2.32. The van der Waals surface area contributed by atoms with Gasteiger partial charge in [0.1, 0.15) is 11.5 Å². The van der Waals surface area contributed by atoms with Gasteiger partial charge in [0, 0.05) is 30.7 Å². The number of carbonyl (C=O) groups is 1. The molecule has 0 atom stereocenters. The van der Waals surface area contributed by atoms with E-state index in [-0.39, 0.29) is 5.91 Å². The van der Waals surface area contributed by atoms with Crippen LogP contribution in [0.3, 0.4) is 0 Å². The van der Waals surface area contributed by atoms with E-state index in [9.17, 15) is 4.79 Å². The van der Waals surface area contributed by atoms with E-state index in [1.54, 1.807) is 45.8 Å². The normalized spacial score (nSPS) is 10.6. The zero-order valence-corrected chi connectivity index (χ0v) is 17.9. The van der Waals surface area contributed by atoms with Crippen molar-refractivity contribution in [3.05, 3.63) is 78.0 Å². The summed E-state index contributed by atoms with van der Waals surface area (Å²) in [5.41, 5.74) is 3.45. The molecule has 0 bridgehead atoms. The third-order valence-corrected chi connectivity index (χ3v) is 4.97. The van der Waals surface area contributed by atoms with Crippen LogP contribution in [0.25, 0.3) is 17.2 Å². The molecule has 3 heterocycles. The quantitative estimate of drug-likeness (QED) is 0.481. The highest BCUT2D eigenvalue weighted by Gasteiger charge is 2.17. The number of ether oxygens (including phenoxy) is 2. The maximum Gasteiger partial charge on any atom is 0.255 e. The zero-order valence-electron chi connectivity index (χ0n) is 17.9. The minimum absolute atomic E-state index is 0.226. The summed E-state index contributed by atoms with van der Waals surface area (Å²) < 4.78 is 12.3. The highest BCUT2D eigenvalue weighted by molar-refractivity contribution is 5.95. The van der Waals surface area contributed by atoms with Crippen molar-refractivity contribution in [2.75, 3.05) is 14.2 Å². The summed E-state index contributed by atoms with van der Waals surface area (Å²) in [6, 6.07) is 11.0. The summed E-state index contributed by atoms with van der Waals surface area (Å²) in [5.74, 6) is 1.46. The van der Waals surface area contributed by atoms with Crippen molar-refractivity contribution in [1.82, 2.24) is 30.0 Å². The molecule has 1 N–H and O–H groups in total. The fourth-order valence-corrected chi connectivity index (χ4v) is 3.23. The molecule has 162 valence electrons.